The Morgan fingerprint density at radius 3 is 2.79 bits per heavy atom. The van der Waals surface area contributed by atoms with Gasteiger partial charge >= 0.3 is 0 Å². The first-order valence-electron chi connectivity index (χ1n) is 8.07. The molecule has 0 spiro atoms. The van der Waals surface area contributed by atoms with E-state index in [1.165, 1.54) is 5.01 Å². The molecule has 1 aromatic carbocycles. The van der Waals surface area contributed by atoms with Crippen molar-refractivity contribution in [2.24, 2.45) is 5.10 Å². The van der Waals surface area contributed by atoms with E-state index in [-0.39, 0.29) is 30.2 Å². The lowest BCUT2D eigenvalue weighted by atomic mass is 9.89. The van der Waals surface area contributed by atoms with Gasteiger partial charge in [-0.05, 0) is 31.4 Å². The summed E-state index contributed by atoms with van der Waals surface area (Å²) in [6, 6.07) is 8.59. The average Bonchev–Trinajstić information content (AvgIpc) is 2.99. The van der Waals surface area contributed by atoms with Gasteiger partial charge in [0.05, 0.1) is 24.3 Å². The number of ether oxygens (including phenoxy) is 1. The van der Waals surface area contributed by atoms with Gasteiger partial charge in [0.2, 0.25) is 0 Å². The minimum atomic E-state index is -0.754. The number of hydrogen-bond donors (Lipinski definition) is 2. The summed E-state index contributed by atoms with van der Waals surface area (Å²) in [4.78, 5) is 24.5. The summed E-state index contributed by atoms with van der Waals surface area (Å²) < 4.78 is 5.24. The van der Waals surface area contributed by atoms with Crippen LogP contribution in [0.4, 0.5) is 5.69 Å². The predicted molar refractivity (Wildman–Crippen MR) is 88.6 cm³/mol. The normalized spacial score (nSPS) is 27.1. The molecule has 3 rings (SSSR count). The fourth-order valence-electron chi connectivity index (χ4n) is 3.13. The van der Waals surface area contributed by atoms with Crippen LogP contribution < -0.4 is 10.3 Å². The highest BCUT2D eigenvalue weighted by molar-refractivity contribution is 6.44. The van der Waals surface area contributed by atoms with Gasteiger partial charge in [0, 0.05) is 7.11 Å². The molecule has 1 fully saturated rings. The monoisotopic (exact) mass is 331 g/mol. The third-order valence-electron chi connectivity index (χ3n) is 4.45. The molecule has 7 nitrogen and oxygen atoms in total. The second-order valence-electron chi connectivity index (χ2n) is 6.04. The highest BCUT2D eigenvalue weighted by Gasteiger charge is 2.35. The van der Waals surface area contributed by atoms with Gasteiger partial charge in [0.25, 0.3) is 11.8 Å². The number of para-hydroxylation sites is 1. The maximum Gasteiger partial charge on any atom is 0.268 e. The van der Waals surface area contributed by atoms with E-state index < -0.39 is 12.0 Å². The zero-order valence-electron chi connectivity index (χ0n) is 13.5. The Morgan fingerprint density at radius 2 is 2.08 bits per heavy atom. The number of nitrogens with one attached hydrogen (secondary N) is 1. The molecule has 0 aromatic heterocycles. The summed E-state index contributed by atoms with van der Waals surface area (Å²) in [7, 11) is 1.55. The summed E-state index contributed by atoms with van der Waals surface area (Å²) in [6.07, 6.45) is 1.23. The highest BCUT2D eigenvalue weighted by atomic mass is 16.5. The Hall–Kier alpha value is -2.25. The van der Waals surface area contributed by atoms with Crippen molar-refractivity contribution in [1.82, 2.24) is 5.32 Å². The van der Waals surface area contributed by atoms with Crippen molar-refractivity contribution in [3.05, 3.63) is 30.3 Å². The molecule has 1 saturated carbocycles. The van der Waals surface area contributed by atoms with E-state index in [0.717, 1.165) is 12.8 Å². The average molecular weight is 331 g/mol. The second kappa shape index (κ2) is 7.11. The molecule has 2 amide bonds. The molecule has 2 aliphatic rings. The maximum absolute atomic E-state index is 12.4. The van der Waals surface area contributed by atoms with Gasteiger partial charge in [-0.25, -0.2) is 0 Å². The van der Waals surface area contributed by atoms with Crippen LogP contribution >= 0.6 is 0 Å². The van der Waals surface area contributed by atoms with Crippen LogP contribution in [0.15, 0.2) is 35.4 Å². The van der Waals surface area contributed by atoms with Crippen LogP contribution in [0.5, 0.6) is 0 Å². The summed E-state index contributed by atoms with van der Waals surface area (Å²) >= 11 is 0. The maximum atomic E-state index is 12.4. The molecule has 1 aliphatic carbocycles. The lowest BCUT2D eigenvalue weighted by Crippen LogP contribution is -2.52. The van der Waals surface area contributed by atoms with E-state index in [0.29, 0.717) is 12.1 Å². The number of amides is 2. The van der Waals surface area contributed by atoms with Gasteiger partial charge in [-0.2, -0.15) is 10.1 Å². The van der Waals surface area contributed by atoms with Crippen molar-refractivity contribution >= 4 is 23.2 Å². The van der Waals surface area contributed by atoms with E-state index in [1.54, 1.807) is 31.4 Å². The number of aliphatic hydroxyl groups excluding tert-OH is 1. The lowest BCUT2D eigenvalue weighted by Gasteiger charge is -2.34. The Bertz CT molecular complexity index is 646. The fraction of sp³-hybridized carbons (Fsp3) is 0.471. The Balaban J connectivity index is 1.68. The van der Waals surface area contributed by atoms with E-state index in [4.69, 9.17) is 4.74 Å². The van der Waals surface area contributed by atoms with Crippen molar-refractivity contribution in [2.75, 3.05) is 12.1 Å². The van der Waals surface area contributed by atoms with Gasteiger partial charge in [-0.3, -0.25) is 9.59 Å². The molecule has 0 saturated heterocycles. The third kappa shape index (κ3) is 3.32. The Kier molecular flexibility index (Phi) is 4.92. The first kappa shape index (κ1) is 16.6. The number of anilines is 1. The molecule has 0 radical (unpaired) electrons. The van der Waals surface area contributed by atoms with Crippen molar-refractivity contribution in [1.29, 1.82) is 0 Å². The molecule has 24 heavy (non-hydrogen) atoms. The zero-order chi connectivity index (χ0) is 17.1. The van der Waals surface area contributed by atoms with Crippen LogP contribution in [0, 0.1) is 0 Å². The topological polar surface area (TPSA) is 91.2 Å². The van der Waals surface area contributed by atoms with Gasteiger partial charge < -0.3 is 15.2 Å². The van der Waals surface area contributed by atoms with Crippen LogP contribution in [0.3, 0.4) is 0 Å². The fourth-order valence-corrected chi connectivity index (χ4v) is 3.13. The van der Waals surface area contributed by atoms with Crippen LogP contribution in [0.1, 0.15) is 25.7 Å². The minimum absolute atomic E-state index is 0.0444. The molecule has 0 unspecified atom stereocenters. The molecule has 1 aromatic rings. The Labute approximate surface area is 140 Å². The van der Waals surface area contributed by atoms with Crippen molar-refractivity contribution in [3.8, 4) is 0 Å². The van der Waals surface area contributed by atoms with Crippen molar-refractivity contribution in [2.45, 2.75) is 43.9 Å². The van der Waals surface area contributed by atoms with E-state index in [1.807, 2.05) is 6.07 Å². The Morgan fingerprint density at radius 1 is 1.33 bits per heavy atom. The number of rotatable bonds is 4. The quantitative estimate of drug-likeness (QED) is 0.855. The summed E-state index contributed by atoms with van der Waals surface area (Å²) in [5.41, 5.74) is 0.790. The number of hydrazone groups is 1. The van der Waals surface area contributed by atoms with E-state index in [2.05, 4.69) is 10.4 Å². The first-order valence-corrected chi connectivity index (χ1v) is 8.07. The van der Waals surface area contributed by atoms with Gasteiger partial charge in [-0.1, -0.05) is 18.2 Å². The standard InChI is InChI=1S/C17H21N3O4/c1-24-14-9-5-8-12(16(14)22)18-17(23)13-10-15(21)20(19-13)11-6-3-2-4-7-11/h2-4,6-7,12,14,16,22H,5,8-10H2,1H3,(H,18,23)/t12-,14-,16-/m1/s1. The molecular weight excluding hydrogens is 310 g/mol. The second-order valence-corrected chi connectivity index (χ2v) is 6.04. The molecule has 0 bridgehead atoms. The third-order valence-corrected chi connectivity index (χ3v) is 4.45. The lowest BCUT2D eigenvalue weighted by molar-refractivity contribution is -0.120. The molecular formula is C17H21N3O4. The van der Waals surface area contributed by atoms with Crippen LogP contribution in [0.25, 0.3) is 0 Å². The summed E-state index contributed by atoms with van der Waals surface area (Å²) in [6.45, 7) is 0. The van der Waals surface area contributed by atoms with E-state index in [9.17, 15) is 14.7 Å². The molecule has 7 heteroatoms. The smallest absolute Gasteiger partial charge is 0.268 e. The van der Waals surface area contributed by atoms with Gasteiger partial charge in [-0.15, -0.1) is 0 Å². The molecule has 1 heterocycles. The van der Waals surface area contributed by atoms with Crippen molar-refractivity contribution in [3.63, 3.8) is 0 Å². The molecule has 2 N–H and O–H groups in total. The highest BCUT2D eigenvalue weighted by Crippen LogP contribution is 2.23. The van der Waals surface area contributed by atoms with Crippen LogP contribution in [-0.4, -0.2) is 48.0 Å². The minimum Gasteiger partial charge on any atom is -0.388 e. The molecule has 1 aliphatic heterocycles. The number of methoxy groups -OCH3 is 1. The number of aliphatic hydroxyl groups is 1. The number of carbonyl (C=O) groups is 2. The number of benzene rings is 1. The number of hydrogen-bond acceptors (Lipinski definition) is 5. The van der Waals surface area contributed by atoms with Gasteiger partial charge in [0.1, 0.15) is 11.8 Å². The summed E-state index contributed by atoms with van der Waals surface area (Å²) in [5.74, 6) is -0.659. The number of nitrogens with zero attached hydrogens (tertiary/aromatic N) is 2. The predicted octanol–water partition coefficient (Wildman–Crippen LogP) is 0.824. The zero-order valence-corrected chi connectivity index (χ0v) is 13.5. The molecule has 3 atom stereocenters. The van der Waals surface area contributed by atoms with E-state index >= 15 is 0 Å². The van der Waals surface area contributed by atoms with Gasteiger partial charge in [0.15, 0.2) is 0 Å². The summed E-state index contributed by atoms with van der Waals surface area (Å²) in [5, 5.41) is 18.4. The SMILES string of the molecule is CO[C@@H]1CCC[C@@H](NC(=O)C2=NN(c3ccccc3)C(=O)C2)[C@H]1O. The van der Waals surface area contributed by atoms with Crippen LogP contribution in [0.2, 0.25) is 0 Å². The largest absolute Gasteiger partial charge is 0.388 e. The number of carbonyl (C=O) groups excluding carboxylic acids is 2. The molecule has 128 valence electrons. The van der Waals surface area contributed by atoms with Crippen LogP contribution in [-0.2, 0) is 14.3 Å². The first-order chi connectivity index (χ1) is 11.6. The van der Waals surface area contributed by atoms with Crippen molar-refractivity contribution < 1.29 is 19.4 Å².